The molecule has 0 fully saturated rings. The molecule has 0 unspecified atom stereocenters. The topological polar surface area (TPSA) is 186 Å². The number of anilines is 3. The van der Waals surface area contributed by atoms with Crippen molar-refractivity contribution in [3.05, 3.63) is 113 Å². The van der Waals surface area contributed by atoms with Gasteiger partial charge in [0.15, 0.2) is 0 Å². The van der Waals surface area contributed by atoms with Crippen LogP contribution in [0.5, 0.6) is 11.5 Å². The number of ether oxygens (including phenoxy) is 4. The smallest absolute Gasteiger partial charge is 0.355 e. The number of hydrogen-bond donors (Lipinski definition) is 3. The molecule has 1 atom stereocenters. The lowest BCUT2D eigenvalue weighted by molar-refractivity contribution is 0.0600. The summed E-state index contributed by atoms with van der Waals surface area (Å²) in [6.45, 7) is 8.60. The number of halogens is 3. The zero-order valence-corrected chi connectivity index (χ0v) is 34.1. The van der Waals surface area contributed by atoms with Crippen LogP contribution >= 0.6 is 0 Å². The average molecular weight is 841 g/mol. The number of primary amides is 1. The van der Waals surface area contributed by atoms with E-state index in [4.69, 9.17) is 24.7 Å². The number of carbonyl (C=O) groups is 2. The van der Waals surface area contributed by atoms with E-state index in [1.165, 1.54) is 60.5 Å². The molecule has 0 radical (unpaired) electrons. The number of methoxy groups -OCH3 is 1. The Hall–Kier alpha value is -5.92. The SMILES string of the molecule is COC(=O)c1cccc(COc2ccc(Nc3c(C(N)=O)c(-c4ccc(NS(=O)(=O)C(F)F)c(O[C@@H](C)c5ccc(F)cc5)c4)nn3COCC[Si](C)(C)C)nc2)c1. The van der Waals surface area contributed by atoms with E-state index in [1.54, 1.807) is 43.3 Å². The van der Waals surface area contributed by atoms with E-state index in [0.717, 1.165) is 11.6 Å². The van der Waals surface area contributed by atoms with Crippen LogP contribution in [0.15, 0.2) is 85.1 Å². The zero-order chi connectivity index (χ0) is 42.2. The summed E-state index contributed by atoms with van der Waals surface area (Å²) < 4.78 is 90.9. The first-order chi connectivity index (χ1) is 27.4. The number of rotatable bonds is 19. The van der Waals surface area contributed by atoms with Crippen molar-refractivity contribution in [2.45, 2.75) is 57.8 Å². The monoisotopic (exact) mass is 840 g/mol. The first-order valence-corrected chi connectivity index (χ1v) is 23.1. The van der Waals surface area contributed by atoms with Gasteiger partial charge in [-0.25, -0.2) is 27.3 Å². The Morgan fingerprint density at radius 3 is 2.38 bits per heavy atom. The fourth-order valence-corrected chi connectivity index (χ4v) is 6.74. The fraction of sp³-hybridized carbons (Fsp3) is 0.282. The van der Waals surface area contributed by atoms with Gasteiger partial charge in [-0.05, 0) is 72.6 Å². The second-order valence-electron chi connectivity index (χ2n) is 14.2. The Bertz CT molecular complexity index is 2340. The number of nitrogens with one attached hydrogen (secondary N) is 2. The largest absolute Gasteiger partial charge is 0.487 e. The molecule has 4 N–H and O–H groups in total. The third-order valence-electron chi connectivity index (χ3n) is 8.53. The summed E-state index contributed by atoms with van der Waals surface area (Å²) in [5.41, 5.74) is 7.37. The van der Waals surface area contributed by atoms with Crippen LogP contribution in [0.25, 0.3) is 11.3 Å². The Balaban J connectivity index is 1.50. The molecule has 19 heteroatoms. The minimum absolute atomic E-state index is 0.0282. The first-order valence-electron chi connectivity index (χ1n) is 17.8. The molecule has 58 heavy (non-hydrogen) atoms. The molecular formula is C39H43F3N6O8SSi. The van der Waals surface area contributed by atoms with Crippen LogP contribution in [-0.4, -0.2) is 62.6 Å². The zero-order valence-electron chi connectivity index (χ0n) is 32.3. The third kappa shape index (κ3) is 11.4. The van der Waals surface area contributed by atoms with Gasteiger partial charge in [-0.3, -0.25) is 9.52 Å². The van der Waals surface area contributed by atoms with Gasteiger partial charge < -0.3 is 30.0 Å². The van der Waals surface area contributed by atoms with Gasteiger partial charge in [0.1, 0.15) is 59.7 Å². The Kier molecular flexibility index (Phi) is 13.8. The molecule has 0 bridgehead atoms. The van der Waals surface area contributed by atoms with E-state index in [0.29, 0.717) is 23.5 Å². The van der Waals surface area contributed by atoms with Crippen LogP contribution in [0.2, 0.25) is 25.7 Å². The standard InChI is InChI=1S/C39H43F3N6O8SSi/c1-24(26-9-12-29(40)13-10-26)56-32-20-27(11-15-31(32)47-57(51,52)39(41)42)35-34(36(43)49)37(48(46-35)23-54-17-18-58(3,4)5)45-33-16-14-30(21-44-33)55-22-25-7-6-8-28(19-25)38(50)53-2/h6-16,19-21,24,39,47H,17-18,22-23H2,1-5H3,(H2,43,49)(H,44,45)/t24-/m0/s1. The van der Waals surface area contributed by atoms with E-state index in [2.05, 4.69) is 35.0 Å². The van der Waals surface area contributed by atoms with Crippen molar-refractivity contribution in [1.82, 2.24) is 14.8 Å². The highest BCUT2D eigenvalue weighted by molar-refractivity contribution is 7.93. The second-order valence-corrected chi connectivity index (χ2v) is 21.5. The Labute approximate surface area is 334 Å². The third-order valence-corrected chi connectivity index (χ3v) is 11.2. The van der Waals surface area contributed by atoms with Gasteiger partial charge in [0, 0.05) is 20.2 Å². The van der Waals surface area contributed by atoms with E-state index < -0.39 is 47.7 Å². The van der Waals surface area contributed by atoms with Crippen molar-refractivity contribution >= 4 is 47.3 Å². The summed E-state index contributed by atoms with van der Waals surface area (Å²) in [5.74, 6) is -5.03. The summed E-state index contributed by atoms with van der Waals surface area (Å²) in [5, 5.41) is 7.76. The number of alkyl halides is 2. The highest BCUT2D eigenvalue weighted by atomic mass is 32.2. The number of hydrogen-bond acceptors (Lipinski definition) is 11. The lowest BCUT2D eigenvalue weighted by atomic mass is 10.1. The molecule has 0 aliphatic carbocycles. The molecule has 308 valence electrons. The number of carbonyl (C=O) groups excluding carboxylic acids is 2. The molecule has 0 saturated carbocycles. The quantitative estimate of drug-likeness (QED) is 0.0420. The molecule has 0 aliphatic rings. The first kappa shape index (κ1) is 43.2. The Morgan fingerprint density at radius 1 is 1.00 bits per heavy atom. The lowest BCUT2D eigenvalue weighted by Gasteiger charge is -2.19. The van der Waals surface area contributed by atoms with Gasteiger partial charge in [-0.15, -0.1) is 0 Å². The normalized spacial score (nSPS) is 12.2. The van der Waals surface area contributed by atoms with E-state index in [9.17, 15) is 31.2 Å². The second kappa shape index (κ2) is 18.6. The number of esters is 1. The summed E-state index contributed by atoms with van der Waals surface area (Å²) in [6.07, 6.45) is 0.631. The van der Waals surface area contributed by atoms with Crippen molar-refractivity contribution in [3.63, 3.8) is 0 Å². The maximum absolute atomic E-state index is 13.6. The molecule has 2 aromatic heterocycles. The number of nitrogens with two attached hydrogens (primary N) is 1. The van der Waals surface area contributed by atoms with Gasteiger partial charge in [0.25, 0.3) is 15.9 Å². The number of pyridine rings is 1. The molecule has 0 saturated heterocycles. The predicted molar refractivity (Wildman–Crippen MR) is 214 cm³/mol. The minimum Gasteiger partial charge on any atom is -0.487 e. The average Bonchev–Trinajstić information content (AvgIpc) is 3.54. The minimum atomic E-state index is -5.13. The van der Waals surface area contributed by atoms with Gasteiger partial charge in [-0.1, -0.05) is 50.0 Å². The number of benzene rings is 3. The van der Waals surface area contributed by atoms with Crippen molar-refractivity contribution in [1.29, 1.82) is 0 Å². The number of nitrogens with zero attached hydrogens (tertiary/aromatic N) is 3. The van der Waals surface area contributed by atoms with Gasteiger partial charge in [0.05, 0.1) is 24.6 Å². The molecular weight excluding hydrogens is 798 g/mol. The van der Waals surface area contributed by atoms with Crippen LogP contribution in [0.1, 0.15) is 44.9 Å². The number of aromatic nitrogens is 3. The molecule has 0 spiro atoms. The fourth-order valence-electron chi connectivity index (χ4n) is 5.42. The van der Waals surface area contributed by atoms with Crippen LogP contribution in [0.3, 0.4) is 0 Å². The van der Waals surface area contributed by atoms with E-state index in [1.807, 2.05) is 4.72 Å². The van der Waals surface area contributed by atoms with Crippen LogP contribution in [-0.2, 0) is 32.8 Å². The summed E-state index contributed by atoms with van der Waals surface area (Å²) in [4.78, 5) is 29.6. The molecule has 2 heterocycles. The van der Waals surface area contributed by atoms with Crippen LogP contribution < -0.4 is 25.2 Å². The van der Waals surface area contributed by atoms with Crippen molar-refractivity contribution < 1.29 is 50.1 Å². The van der Waals surface area contributed by atoms with Gasteiger partial charge in [0.2, 0.25) is 0 Å². The van der Waals surface area contributed by atoms with Crippen molar-refractivity contribution in [2.24, 2.45) is 5.73 Å². The number of amides is 1. The predicted octanol–water partition coefficient (Wildman–Crippen LogP) is 7.71. The maximum atomic E-state index is 13.6. The highest BCUT2D eigenvalue weighted by Crippen LogP contribution is 2.38. The molecule has 5 rings (SSSR count). The van der Waals surface area contributed by atoms with Gasteiger partial charge >= 0.3 is 11.7 Å². The maximum Gasteiger partial charge on any atom is 0.355 e. The number of sulfonamides is 1. The van der Waals surface area contributed by atoms with E-state index >= 15 is 0 Å². The molecule has 0 aliphatic heterocycles. The van der Waals surface area contributed by atoms with Crippen LogP contribution in [0.4, 0.5) is 30.5 Å². The summed E-state index contributed by atoms with van der Waals surface area (Å²) >= 11 is 0. The summed E-state index contributed by atoms with van der Waals surface area (Å²) in [6, 6.07) is 20.1. The molecule has 5 aromatic rings. The molecule has 1 amide bonds. The van der Waals surface area contributed by atoms with E-state index in [-0.39, 0.29) is 53.2 Å². The summed E-state index contributed by atoms with van der Waals surface area (Å²) in [7, 11) is -5.31. The highest BCUT2D eigenvalue weighted by Gasteiger charge is 2.28. The molecule has 14 nitrogen and oxygen atoms in total. The van der Waals surface area contributed by atoms with Crippen molar-refractivity contribution in [2.75, 3.05) is 23.8 Å². The van der Waals surface area contributed by atoms with Crippen LogP contribution in [0, 0.1) is 5.82 Å². The van der Waals surface area contributed by atoms with Crippen molar-refractivity contribution in [3.8, 4) is 22.8 Å². The van der Waals surface area contributed by atoms with Gasteiger partial charge in [-0.2, -0.15) is 13.9 Å². The lowest BCUT2D eigenvalue weighted by Crippen LogP contribution is -2.22. The Morgan fingerprint density at radius 2 is 1.74 bits per heavy atom. The molecule has 3 aromatic carbocycles.